The van der Waals surface area contributed by atoms with Gasteiger partial charge in [0.1, 0.15) is 5.82 Å². The Morgan fingerprint density at radius 3 is 2.33 bits per heavy atom. The van der Waals surface area contributed by atoms with Gasteiger partial charge in [-0.2, -0.15) is 4.98 Å². The van der Waals surface area contributed by atoms with Gasteiger partial charge in [-0.25, -0.2) is 0 Å². The van der Waals surface area contributed by atoms with Gasteiger partial charge in [-0.1, -0.05) is 51.1 Å². The van der Waals surface area contributed by atoms with Crippen LogP contribution in [0.4, 0.5) is 11.5 Å². The molecule has 1 heterocycles. The second-order valence-corrected chi connectivity index (χ2v) is 13.7. The topological polar surface area (TPSA) is 78.0 Å². The quantitative estimate of drug-likeness (QED) is 0.315. The van der Waals surface area contributed by atoms with E-state index in [0.29, 0.717) is 19.0 Å². The van der Waals surface area contributed by atoms with Crippen molar-refractivity contribution in [2.45, 2.75) is 38.9 Å². The lowest BCUT2D eigenvalue weighted by Gasteiger charge is -2.37. The summed E-state index contributed by atoms with van der Waals surface area (Å²) in [7, 11) is -1.87. The smallest absolute Gasteiger partial charge is 0.229 e. The number of anilines is 2. The average molecular weight is 422 g/mol. The standard InChI is InChI=1S/C23H31N5OSi/c1-23(2,3)30(4,5)29-16-15-27(18-11-7-6-8-12-18)21-19-13-9-10-14-20(19)28(17-24)22(25)26-21/h6-14,17,24-25H,15-16H2,1-5H3. The molecule has 2 aromatic carbocycles. The van der Waals surface area contributed by atoms with Crippen molar-refractivity contribution in [3.8, 4) is 0 Å². The van der Waals surface area contributed by atoms with Crippen LogP contribution in [0.2, 0.25) is 18.1 Å². The monoisotopic (exact) mass is 421 g/mol. The van der Waals surface area contributed by atoms with Crippen LogP contribution in [0, 0.1) is 10.8 Å². The Labute approximate surface area is 179 Å². The minimum atomic E-state index is -1.87. The molecular formula is C23H31N5OSi. The van der Waals surface area contributed by atoms with Crippen molar-refractivity contribution in [2.75, 3.05) is 18.1 Å². The zero-order valence-electron chi connectivity index (χ0n) is 18.4. The number of fused-ring (bicyclic) bond motifs is 1. The van der Waals surface area contributed by atoms with Crippen LogP contribution in [0.1, 0.15) is 20.8 Å². The lowest BCUT2D eigenvalue weighted by molar-refractivity contribution is 0.297. The summed E-state index contributed by atoms with van der Waals surface area (Å²) >= 11 is 0. The van der Waals surface area contributed by atoms with E-state index in [1.54, 1.807) is 0 Å². The van der Waals surface area contributed by atoms with Gasteiger partial charge in [-0.3, -0.25) is 15.4 Å². The van der Waals surface area contributed by atoms with Crippen molar-refractivity contribution >= 4 is 37.1 Å². The molecule has 6 nitrogen and oxygen atoms in total. The molecule has 30 heavy (non-hydrogen) atoms. The van der Waals surface area contributed by atoms with Crippen molar-refractivity contribution < 1.29 is 4.43 Å². The molecule has 3 rings (SSSR count). The number of para-hydroxylation sites is 2. The maximum Gasteiger partial charge on any atom is 0.229 e. The van der Waals surface area contributed by atoms with Crippen LogP contribution < -0.4 is 10.5 Å². The molecule has 1 aromatic heterocycles. The zero-order chi connectivity index (χ0) is 21.9. The Hall–Kier alpha value is -2.77. The van der Waals surface area contributed by atoms with Gasteiger partial charge in [0.15, 0.2) is 8.32 Å². The molecule has 0 bridgehead atoms. The molecule has 0 amide bonds. The summed E-state index contributed by atoms with van der Waals surface area (Å²) in [5, 5.41) is 17.1. The number of rotatable bonds is 7. The van der Waals surface area contributed by atoms with Crippen LogP contribution in [-0.2, 0) is 4.43 Å². The largest absolute Gasteiger partial charge is 0.415 e. The molecule has 3 aromatic rings. The van der Waals surface area contributed by atoms with Crippen LogP contribution in [0.25, 0.3) is 10.9 Å². The number of nitrogens with one attached hydrogen (secondary N) is 2. The highest BCUT2D eigenvalue weighted by molar-refractivity contribution is 6.74. The van der Waals surface area contributed by atoms with E-state index >= 15 is 0 Å². The number of aromatic nitrogens is 2. The van der Waals surface area contributed by atoms with Gasteiger partial charge in [0, 0.05) is 17.6 Å². The highest BCUT2D eigenvalue weighted by atomic mass is 28.4. The summed E-state index contributed by atoms with van der Waals surface area (Å²) in [6, 6.07) is 17.9. The van der Waals surface area contributed by atoms with E-state index in [1.165, 1.54) is 4.57 Å². The average Bonchev–Trinajstić information content (AvgIpc) is 2.70. The number of benzene rings is 2. The van der Waals surface area contributed by atoms with Crippen molar-refractivity contribution in [3.05, 3.63) is 60.2 Å². The van der Waals surface area contributed by atoms with Gasteiger partial charge in [-0.05, 0) is 42.4 Å². The second-order valence-electron chi connectivity index (χ2n) is 8.87. The Morgan fingerprint density at radius 2 is 1.70 bits per heavy atom. The maximum atomic E-state index is 8.36. The third kappa shape index (κ3) is 4.37. The molecule has 0 atom stereocenters. The lowest BCUT2D eigenvalue weighted by Crippen LogP contribution is -2.42. The van der Waals surface area contributed by atoms with Gasteiger partial charge >= 0.3 is 0 Å². The minimum absolute atomic E-state index is 0.0324. The van der Waals surface area contributed by atoms with Gasteiger partial charge in [0.25, 0.3) is 0 Å². The fourth-order valence-corrected chi connectivity index (χ4v) is 4.15. The summed E-state index contributed by atoms with van der Waals surface area (Å²) in [5.74, 6) is 0.707. The third-order valence-corrected chi connectivity index (χ3v) is 10.4. The molecule has 0 aliphatic carbocycles. The first kappa shape index (κ1) is 21.9. The van der Waals surface area contributed by atoms with Gasteiger partial charge < -0.3 is 9.33 Å². The molecular weight excluding hydrogens is 390 g/mol. The van der Waals surface area contributed by atoms with Crippen LogP contribution >= 0.6 is 0 Å². The Bertz CT molecular complexity index is 1090. The fourth-order valence-electron chi connectivity index (χ4n) is 3.11. The van der Waals surface area contributed by atoms with E-state index < -0.39 is 8.32 Å². The summed E-state index contributed by atoms with van der Waals surface area (Å²) in [6.45, 7) is 12.4. The first-order valence-electron chi connectivity index (χ1n) is 10.2. The fraction of sp³-hybridized carbons (Fsp3) is 0.348. The molecule has 0 saturated carbocycles. The van der Waals surface area contributed by atoms with Crippen LogP contribution in [-0.4, -0.2) is 37.4 Å². The molecule has 0 fully saturated rings. The zero-order valence-corrected chi connectivity index (χ0v) is 19.4. The third-order valence-electron chi connectivity index (χ3n) is 5.88. The van der Waals surface area contributed by atoms with E-state index in [-0.39, 0.29) is 10.7 Å². The number of hydrogen-bond donors (Lipinski definition) is 2. The highest BCUT2D eigenvalue weighted by Gasteiger charge is 2.37. The van der Waals surface area contributed by atoms with E-state index in [1.807, 2.05) is 54.6 Å². The van der Waals surface area contributed by atoms with Crippen LogP contribution in [0.5, 0.6) is 0 Å². The predicted octanol–water partition coefficient (Wildman–Crippen LogP) is 5.13. The molecule has 0 aliphatic heterocycles. The minimum Gasteiger partial charge on any atom is -0.415 e. The lowest BCUT2D eigenvalue weighted by atomic mass is 10.2. The molecule has 0 aliphatic rings. The Kier molecular flexibility index (Phi) is 6.24. The Morgan fingerprint density at radius 1 is 1.07 bits per heavy atom. The molecule has 7 heteroatoms. The normalized spacial score (nSPS) is 12.2. The molecule has 0 spiro atoms. The van der Waals surface area contributed by atoms with Gasteiger partial charge in [0.2, 0.25) is 5.62 Å². The number of nitrogens with zero attached hydrogens (tertiary/aromatic N) is 3. The number of hydrogen-bond acceptors (Lipinski definition) is 5. The van der Waals surface area contributed by atoms with Gasteiger partial charge in [-0.15, -0.1) is 0 Å². The molecule has 158 valence electrons. The first-order chi connectivity index (χ1) is 14.2. The van der Waals surface area contributed by atoms with E-state index in [4.69, 9.17) is 15.2 Å². The summed E-state index contributed by atoms with van der Waals surface area (Å²) in [5.41, 5.74) is 1.82. The van der Waals surface area contributed by atoms with Crippen LogP contribution in [0.3, 0.4) is 0 Å². The SMILES string of the molecule is CC(C)(C)[Si](C)(C)OCCN(c1ccccc1)c1nc(=N)n(C=N)c2ccccc12. The van der Waals surface area contributed by atoms with Crippen LogP contribution in [0.15, 0.2) is 54.6 Å². The van der Waals surface area contributed by atoms with Gasteiger partial charge in [0.05, 0.1) is 18.5 Å². The predicted molar refractivity (Wildman–Crippen MR) is 126 cm³/mol. The second kappa shape index (κ2) is 8.53. The summed E-state index contributed by atoms with van der Waals surface area (Å²) in [6.07, 6.45) is 1.13. The maximum absolute atomic E-state index is 8.36. The molecule has 2 N–H and O–H groups in total. The highest BCUT2D eigenvalue weighted by Crippen LogP contribution is 2.37. The van der Waals surface area contributed by atoms with E-state index in [9.17, 15) is 0 Å². The molecule has 0 radical (unpaired) electrons. The Balaban J connectivity index is 2.05. The van der Waals surface area contributed by atoms with Crippen molar-refractivity contribution in [1.29, 1.82) is 10.8 Å². The first-order valence-corrected chi connectivity index (χ1v) is 13.1. The van der Waals surface area contributed by atoms with Crippen molar-refractivity contribution in [3.63, 3.8) is 0 Å². The summed E-state index contributed by atoms with van der Waals surface area (Å²) < 4.78 is 7.92. The summed E-state index contributed by atoms with van der Waals surface area (Å²) in [4.78, 5) is 6.69. The molecule has 0 unspecified atom stereocenters. The van der Waals surface area contributed by atoms with Crippen molar-refractivity contribution in [1.82, 2.24) is 9.55 Å². The molecule has 0 saturated heterocycles. The van der Waals surface area contributed by atoms with E-state index in [0.717, 1.165) is 22.9 Å². The van der Waals surface area contributed by atoms with Crippen molar-refractivity contribution in [2.24, 2.45) is 0 Å². The van der Waals surface area contributed by atoms with E-state index in [2.05, 4.69) is 43.7 Å².